The fraction of sp³-hybridized carbons (Fsp3) is 0.0714. The van der Waals surface area contributed by atoms with Crippen LogP contribution in [0.25, 0.3) is 0 Å². The summed E-state index contributed by atoms with van der Waals surface area (Å²) < 4.78 is 6.01. The van der Waals surface area contributed by atoms with Gasteiger partial charge in [0, 0.05) is 10.0 Å². The lowest BCUT2D eigenvalue weighted by Crippen LogP contribution is -2.12. The number of rotatable bonds is 3. The number of hydrogen-bond donors (Lipinski definition) is 1. The minimum absolute atomic E-state index is 0.221. The summed E-state index contributed by atoms with van der Waals surface area (Å²) in [5.74, 6) is 0.404. The van der Waals surface area contributed by atoms with E-state index in [2.05, 4.69) is 27.3 Å². The smallest absolute Gasteiger partial charge is 0.256 e. The summed E-state index contributed by atoms with van der Waals surface area (Å²) in [6.45, 7) is 0. The zero-order valence-electron chi connectivity index (χ0n) is 9.74. The number of para-hydroxylation sites is 2. The number of ether oxygens (including phenoxy) is 1. The predicted octanol–water partition coefficient (Wildman–Crippen LogP) is 3.51. The van der Waals surface area contributed by atoms with Gasteiger partial charge in [-0.05, 0) is 30.3 Å². The minimum Gasteiger partial charge on any atom is -0.495 e. The Kier molecular flexibility index (Phi) is 3.99. The van der Waals surface area contributed by atoms with Gasteiger partial charge >= 0.3 is 0 Å². The maximum Gasteiger partial charge on any atom is 0.256 e. The van der Waals surface area contributed by atoms with Gasteiger partial charge in [-0.2, -0.15) is 0 Å². The molecule has 0 saturated carbocycles. The Labute approximate surface area is 114 Å². The van der Waals surface area contributed by atoms with E-state index in [1.807, 2.05) is 18.2 Å². The topological polar surface area (TPSA) is 38.3 Å². The first-order valence-electron chi connectivity index (χ1n) is 5.32. The lowest BCUT2D eigenvalue weighted by Gasteiger charge is -2.09. The fourth-order valence-electron chi connectivity index (χ4n) is 1.51. The SMILES string of the molecule is COc1ccccc1NC(=O)c1[c]ccc(Br)c1. The lowest BCUT2D eigenvalue weighted by molar-refractivity contribution is 0.102. The van der Waals surface area contributed by atoms with Crippen molar-refractivity contribution in [2.45, 2.75) is 0 Å². The maximum atomic E-state index is 12.0. The van der Waals surface area contributed by atoms with Crippen molar-refractivity contribution in [3.05, 3.63) is 58.6 Å². The van der Waals surface area contributed by atoms with Crippen LogP contribution in [-0.2, 0) is 0 Å². The van der Waals surface area contributed by atoms with Crippen molar-refractivity contribution in [3.63, 3.8) is 0 Å². The Morgan fingerprint density at radius 3 is 2.83 bits per heavy atom. The molecule has 0 bridgehead atoms. The lowest BCUT2D eigenvalue weighted by atomic mass is 10.2. The summed E-state index contributed by atoms with van der Waals surface area (Å²) in [6, 6.07) is 15.4. The number of amides is 1. The van der Waals surface area contributed by atoms with Crippen LogP contribution in [0.5, 0.6) is 5.75 Å². The Balaban J connectivity index is 2.21. The maximum absolute atomic E-state index is 12.0. The first-order valence-corrected chi connectivity index (χ1v) is 6.11. The molecule has 3 nitrogen and oxygen atoms in total. The summed E-state index contributed by atoms with van der Waals surface area (Å²) in [5, 5.41) is 2.79. The summed E-state index contributed by atoms with van der Waals surface area (Å²) in [5.41, 5.74) is 1.11. The highest BCUT2D eigenvalue weighted by Gasteiger charge is 2.09. The molecule has 0 saturated heterocycles. The number of halogens is 1. The zero-order valence-corrected chi connectivity index (χ0v) is 11.3. The standard InChI is InChI=1S/C14H11BrNO2/c1-18-13-8-3-2-7-12(13)16-14(17)10-5-4-6-11(15)9-10/h2-4,6-9H,1H3,(H,16,17). The van der Waals surface area contributed by atoms with Crippen molar-refractivity contribution in [2.75, 3.05) is 12.4 Å². The molecule has 0 heterocycles. The van der Waals surface area contributed by atoms with E-state index in [9.17, 15) is 4.79 Å². The van der Waals surface area contributed by atoms with E-state index in [1.165, 1.54) is 0 Å². The first kappa shape index (κ1) is 12.6. The molecule has 0 aliphatic heterocycles. The van der Waals surface area contributed by atoms with Gasteiger partial charge in [0.1, 0.15) is 5.75 Å². The number of anilines is 1. The van der Waals surface area contributed by atoms with Crippen molar-refractivity contribution in [3.8, 4) is 5.75 Å². The van der Waals surface area contributed by atoms with Crippen LogP contribution in [0.3, 0.4) is 0 Å². The summed E-state index contributed by atoms with van der Waals surface area (Å²) in [7, 11) is 1.57. The molecular weight excluding hydrogens is 294 g/mol. The monoisotopic (exact) mass is 304 g/mol. The van der Waals surface area contributed by atoms with Crippen LogP contribution in [0.4, 0.5) is 5.69 Å². The Morgan fingerprint density at radius 1 is 1.33 bits per heavy atom. The van der Waals surface area contributed by atoms with Gasteiger partial charge in [0.15, 0.2) is 0 Å². The van der Waals surface area contributed by atoms with Gasteiger partial charge in [0.05, 0.1) is 12.8 Å². The fourth-order valence-corrected chi connectivity index (χ4v) is 1.87. The molecule has 91 valence electrons. The van der Waals surface area contributed by atoms with Crippen molar-refractivity contribution in [1.29, 1.82) is 0 Å². The van der Waals surface area contributed by atoms with Crippen LogP contribution in [0.1, 0.15) is 10.4 Å². The molecule has 0 aliphatic carbocycles. The van der Waals surface area contributed by atoms with Crippen molar-refractivity contribution < 1.29 is 9.53 Å². The number of benzene rings is 2. The van der Waals surface area contributed by atoms with E-state index in [-0.39, 0.29) is 5.91 Å². The van der Waals surface area contributed by atoms with E-state index in [4.69, 9.17) is 4.74 Å². The second kappa shape index (κ2) is 5.69. The molecule has 0 atom stereocenters. The van der Waals surface area contributed by atoms with Crippen LogP contribution in [-0.4, -0.2) is 13.0 Å². The molecule has 0 fully saturated rings. The molecule has 18 heavy (non-hydrogen) atoms. The molecule has 1 radical (unpaired) electrons. The number of carbonyl (C=O) groups is 1. The van der Waals surface area contributed by atoms with E-state index in [1.54, 1.807) is 31.4 Å². The van der Waals surface area contributed by atoms with Crippen LogP contribution < -0.4 is 10.1 Å². The highest BCUT2D eigenvalue weighted by molar-refractivity contribution is 9.10. The van der Waals surface area contributed by atoms with Gasteiger partial charge in [0.2, 0.25) is 0 Å². The van der Waals surface area contributed by atoms with Crippen molar-refractivity contribution in [2.24, 2.45) is 0 Å². The van der Waals surface area contributed by atoms with E-state index >= 15 is 0 Å². The van der Waals surface area contributed by atoms with Crippen LogP contribution in [0.2, 0.25) is 0 Å². The van der Waals surface area contributed by atoms with Crippen LogP contribution in [0, 0.1) is 6.07 Å². The van der Waals surface area contributed by atoms with E-state index in [0.717, 1.165) is 4.47 Å². The molecule has 1 amide bonds. The van der Waals surface area contributed by atoms with Gasteiger partial charge in [-0.15, -0.1) is 0 Å². The van der Waals surface area contributed by atoms with Crippen LogP contribution in [0.15, 0.2) is 46.9 Å². The largest absolute Gasteiger partial charge is 0.495 e. The second-order valence-electron chi connectivity index (χ2n) is 3.57. The minimum atomic E-state index is -0.221. The predicted molar refractivity (Wildman–Crippen MR) is 73.9 cm³/mol. The Hall–Kier alpha value is -1.81. The molecule has 0 unspecified atom stereocenters. The highest BCUT2D eigenvalue weighted by atomic mass is 79.9. The molecule has 0 spiro atoms. The van der Waals surface area contributed by atoms with Gasteiger partial charge in [-0.1, -0.05) is 34.1 Å². The third kappa shape index (κ3) is 2.90. The van der Waals surface area contributed by atoms with Gasteiger partial charge in [0.25, 0.3) is 5.91 Å². The van der Waals surface area contributed by atoms with Gasteiger partial charge < -0.3 is 10.1 Å². The highest BCUT2D eigenvalue weighted by Crippen LogP contribution is 2.23. The Bertz CT molecular complexity index is 569. The second-order valence-corrected chi connectivity index (χ2v) is 4.49. The third-order valence-electron chi connectivity index (χ3n) is 2.36. The molecule has 2 aromatic rings. The van der Waals surface area contributed by atoms with E-state index < -0.39 is 0 Å². The molecule has 0 aromatic heterocycles. The molecule has 2 aromatic carbocycles. The number of carbonyl (C=O) groups excluding carboxylic acids is 1. The molecule has 2 rings (SSSR count). The van der Waals surface area contributed by atoms with Gasteiger partial charge in [-0.25, -0.2) is 0 Å². The molecular formula is C14H11BrNO2. The van der Waals surface area contributed by atoms with Gasteiger partial charge in [-0.3, -0.25) is 4.79 Å². The average Bonchev–Trinajstić information content (AvgIpc) is 2.39. The normalized spacial score (nSPS) is 9.89. The quantitative estimate of drug-likeness (QED) is 0.942. The van der Waals surface area contributed by atoms with Crippen LogP contribution >= 0.6 is 15.9 Å². The molecule has 4 heteroatoms. The summed E-state index contributed by atoms with van der Waals surface area (Å²) >= 11 is 3.32. The number of nitrogens with one attached hydrogen (secondary N) is 1. The average molecular weight is 305 g/mol. The third-order valence-corrected chi connectivity index (χ3v) is 2.86. The number of methoxy groups -OCH3 is 1. The zero-order chi connectivity index (χ0) is 13.0. The Morgan fingerprint density at radius 2 is 2.11 bits per heavy atom. The molecule has 0 aliphatic rings. The van der Waals surface area contributed by atoms with Crippen molar-refractivity contribution >= 4 is 27.5 Å². The number of hydrogen-bond acceptors (Lipinski definition) is 2. The van der Waals surface area contributed by atoms with Crippen molar-refractivity contribution in [1.82, 2.24) is 0 Å². The summed E-state index contributed by atoms with van der Waals surface area (Å²) in [6.07, 6.45) is 0. The first-order chi connectivity index (χ1) is 8.70. The van der Waals surface area contributed by atoms with E-state index in [0.29, 0.717) is 17.0 Å². The molecule has 1 N–H and O–H groups in total. The summed E-state index contributed by atoms with van der Waals surface area (Å²) in [4.78, 5) is 12.0.